The summed E-state index contributed by atoms with van der Waals surface area (Å²) in [6.07, 6.45) is -3.00. The average Bonchev–Trinajstić information content (AvgIpc) is 2.15. The van der Waals surface area contributed by atoms with Gasteiger partial charge in [0.05, 0.1) is 13.2 Å². The van der Waals surface area contributed by atoms with Crippen molar-refractivity contribution in [2.24, 2.45) is 0 Å². The van der Waals surface area contributed by atoms with Gasteiger partial charge in [0.2, 0.25) is 0 Å². The first-order valence-corrected chi connectivity index (χ1v) is 5.63. The molecule has 1 saturated heterocycles. The monoisotopic (exact) mass is 229 g/mol. The molecule has 1 rings (SSSR count). The van der Waals surface area contributed by atoms with Gasteiger partial charge in [0.15, 0.2) is 0 Å². The van der Waals surface area contributed by atoms with Crippen LogP contribution in [0.1, 0.15) is 12.8 Å². The maximum absolute atomic E-state index is 12.0. The van der Waals surface area contributed by atoms with Crippen LogP contribution in [-0.4, -0.2) is 41.5 Å². The topological polar surface area (TPSA) is 32.3 Å². The molecule has 2 N–H and O–H groups in total. The van der Waals surface area contributed by atoms with Gasteiger partial charge in [-0.3, -0.25) is 0 Å². The van der Waals surface area contributed by atoms with Crippen LogP contribution < -0.4 is 5.32 Å². The molecule has 0 aliphatic carbocycles. The van der Waals surface area contributed by atoms with Gasteiger partial charge in [-0.05, 0) is 24.3 Å². The van der Waals surface area contributed by atoms with E-state index in [1.54, 1.807) is 11.8 Å². The maximum Gasteiger partial charge on any atom is 0.401 e. The normalized spacial score (nSPS) is 22.3. The molecular weight excluding hydrogens is 215 g/mol. The lowest BCUT2D eigenvalue weighted by Crippen LogP contribution is -2.53. The summed E-state index contributed by atoms with van der Waals surface area (Å²) >= 11 is 1.71. The fourth-order valence-electron chi connectivity index (χ4n) is 1.44. The molecule has 0 unspecified atom stereocenters. The van der Waals surface area contributed by atoms with E-state index in [1.807, 2.05) is 0 Å². The lowest BCUT2D eigenvalue weighted by atomic mass is 9.93. The summed E-state index contributed by atoms with van der Waals surface area (Å²) in [6.45, 7) is -1.23. The molecule has 0 aromatic heterocycles. The van der Waals surface area contributed by atoms with Crippen LogP contribution in [0.5, 0.6) is 0 Å². The highest BCUT2D eigenvalue weighted by atomic mass is 32.2. The van der Waals surface area contributed by atoms with Crippen molar-refractivity contribution in [3.05, 3.63) is 0 Å². The fraction of sp³-hybridized carbons (Fsp3) is 1.00. The van der Waals surface area contributed by atoms with Gasteiger partial charge in [0, 0.05) is 5.54 Å². The minimum atomic E-state index is -4.20. The Balaban J connectivity index is 2.44. The van der Waals surface area contributed by atoms with Crippen molar-refractivity contribution in [3.63, 3.8) is 0 Å². The lowest BCUT2D eigenvalue weighted by Gasteiger charge is -2.36. The maximum atomic E-state index is 12.0. The molecule has 0 atom stereocenters. The second-order valence-corrected chi connectivity index (χ2v) is 4.74. The molecule has 1 heterocycles. The Morgan fingerprint density at radius 3 is 2.29 bits per heavy atom. The van der Waals surface area contributed by atoms with Crippen LogP contribution in [0.4, 0.5) is 13.2 Å². The Labute approximate surface area is 85.3 Å². The summed E-state index contributed by atoms with van der Waals surface area (Å²) in [7, 11) is 0. The minimum Gasteiger partial charge on any atom is -0.394 e. The Hall–Kier alpha value is 0.0600. The van der Waals surface area contributed by atoms with Gasteiger partial charge in [-0.15, -0.1) is 0 Å². The van der Waals surface area contributed by atoms with Crippen LogP contribution >= 0.6 is 11.8 Å². The molecule has 1 fully saturated rings. The van der Waals surface area contributed by atoms with Crippen LogP contribution in [0.25, 0.3) is 0 Å². The van der Waals surface area contributed by atoms with Crippen molar-refractivity contribution < 1.29 is 18.3 Å². The van der Waals surface area contributed by atoms with Crippen molar-refractivity contribution in [1.82, 2.24) is 5.32 Å². The average molecular weight is 229 g/mol. The van der Waals surface area contributed by atoms with E-state index in [0.717, 1.165) is 11.5 Å². The van der Waals surface area contributed by atoms with E-state index >= 15 is 0 Å². The minimum absolute atomic E-state index is 0.219. The number of halogens is 3. The van der Waals surface area contributed by atoms with Crippen molar-refractivity contribution in [2.75, 3.05) is 24.7 Å². The highest BCUT2D eigenvalue weighted by Gasteiger charge is 2.36. The summed E-state index contributed by atoms with van der Waals surface area (Å²) < 4.78 is 35.9. The molecule has 0 aromatic carbocycles. The summed E-state index contributed by atoms with van der Waals surface area (Å²) in [6, 6.07) is 0. The van der Waals surface area contributed by atoms with Crippen molar-refractivity contribution >= 4 is 11.8 Å². The summed E-state index contributed by atoms with van der Waals surface area (Å²) in [5.41, 5.74) is -0.708. The molecule has 0 spiro atoms. The van der Waals surface area contributed by atoms with E-state index in [1.165, 1.54) is 0 Å². The molecule has 0 radical (unpaired) electrons. The van der Waals surface area contributed by atoms with E-state index in [2.05, 4.69) is 5.32 Å². The number of alkyl halides is 3. The molecule has 1 aliphatic rings. The number of hydrogen-bond acceptors (Lipinski definition) is 3. The van der Waals surface area contributed by atoms with Gasteiger partial charge in [0.1, 0.15) is 0 Å². The first kappa shape index (κ1) is 12.1. The van der Waals surface area contributed by atoms with Crippen molar-refractivity contribution in [2.45, 2.75) is 24.6 Å². The van der Waals surface area contributed by atoms with Crippen molar-refractivity contribution in [3.8, 4) is 0 Å². The van der Waals surface area contributed by atoms with Crippen LogP contribution in [0.3, 0.4) is 0 Å². The molecule has 6 heteroatoms. The van der Waals surface area contributed by atoms with Crippen molar-refractivity contribution in [1.29, 1.82) is 0 Å². The molecule has 0 saturated carbocycles. The predicted molar refractivity (Wildman–Crippen MR) is 50.4 cm³/mol. The third-order valence-electron chi connectivity index (χ3n) is 2.42. The fourth-order valence-corrected chi connectivity index (χ4v) is 2.71. The van der Waals surface area contributed by atoms with Gasteiger partial charge in [-0.1, -0.05) is 0 Å². The Kier molecular flexibility index (Phi) is 4.09. The zero-order valence-electron chi connectivity index (χ0n) is 7.73. The smallest absolute Gasteiger partial charge is 0.394 e. The van der Waals surface area contributed by atoms with E-state index in [9.17, 15) is 13.2 Å². The van der Waals surface area contributed by atoms with Gasteiger partial charge in [0.25, 0.3) is 0 Å². The number of nitrogens with one attached hydrogen (secondary N) is 1. The summed E-state index contributed by atoms with van der Waals surface area (Å²) in [5, 5.41) is 11.5. The predicted octanol–water partition coefficient (Wildman–Crippen LogP) is 1.40. The number of hydrogen-bond donors (Lipinski definition) is 2. The standard InChI is InChI=1S/C8H14F3NOS/c9-8(10,11)5-12-7(6-13)1-3-14-4-2-7/h12-13H,1-6H2. The second kappa shape index (κ2) is 4.72. The SMILES string of the molecule is OCC1(NCC(F)(F)F)CCSCC1. The Bertz CT molecular complexity index is 180. The van der Waals surface area contributed by atoms with Crippen LogP contribution in [0, 0.1) is 0 Å². The zero-order chi connectivity index (χ0) is 10.7. The van der Waals surface area contributed by atoms with E-state index in [4.69, 9.17) is 5.11 Å². The number of aliphatic hydroxyl groups is 1. The number of thioether (sulfide) groups is 1. The molecule has 0 bridgehead atoms. The van der Waals surface area contributed by atoms with E-state index in [0.29, 0.717) is 12.8 Å². The van der Waals surface area contributed by atoms with Crippen LogP contribution in [0.15, 0.2) is 0 Å². The summed E-state index contributed by atoms with van der Waals surface area (Å²) in [5.74, 6) is 1.62. The van der Waals surface area contributed by atoms with Crippen LogP contribution in [-0.2, 0) is 0 Å². The van der Waals surface area contributed by atoms with E-state index < -0.39 is 18.3 Å². The van der Waals surface area contributed by atoms with Gasteiger partial charge in [-0.25, -0.2) is 0 Å². The molecule has 84 valence electrons. The molecule has 2 nitrogen and oxygen atoms in total. The molecule has 14 heavy (non-hydrogen) atoms. The molecule has 0 aromatic rings. The van der Waals surface area contributed by atoms with Gasteiger partial charge >= 0.3 is 6.18 Å². The molecular formula is C8H14F3NOS. The van der Waals surface area contributed by atoms with E-state index in [-0.39, 0.29) is 6.61 Å². The zero-order valence-corrected chi connectivity index (χ0v) is 8.55. The summed E-state index contributed by atoms with van der Waals surface area (Å²) in [4.78, 5) is 0. The molecule has 0 amide bonds. The third kappa shape index (κ3) is 3.67. The number of rotatable bonds is 3. The number of aliphatic hydroxyl groups excluding tert-OH is 1. The Morgan fingerprint density at radius 1 is 1.29 bits per heavy atom. The van der Waals surface area contributed by atoms with Crippen LogP contribution in [0.2, 0.25) is 0 Å². The highest BCUT2D eigenvalue weighted by molar-refractivity contribution is 7.99. The lowest BCUT2D eigenvalue weighted by molar-refractivity contribution is -0.130. The van der Waals surface area contributed by atoms with Gasteiger partial charge < -0.3 is 10.4 Å². The quantitative estimate of drug-likeness (QED) is 0.767. The highest BCUT2D eigenvalue weighted by Crippen LogP contribution is 2.27. The first-order chi connectivity index (χ1) is 6.47. The third-order valence-corrected chi connectivity index (χ3v) is 3.40. The van der Waals surface area contributed by atoms with Gasteiger partial charge in [-0.2, -0.15) is 24.9 Å². The molecule has 1 aliphatic heterocycles. The first-order valence-electron chi connectivity index (χ1n) is 4.48. The second-order valence-electron chi connectivity index (χ2n) is 3.52. The Morgan fingerprint density at radius 2 is 1.86 bits per heavy atom. The largest absolute Gasteiger partial charge is 0.401 e.